The normalized spacial score (nSPS) is 11.7. The molecule has 2 rings (SSSR count). The van der Waals surface area contributed by atoms with Crippen LogP contribution in [0.25, 0.3) is 10.8 Å². The van der Waals surface area contributed by atoms with Crippen molar-refractivity contribution >= 4 is 36.8 Å². The summed E-state index contributed by atoms with van der Waals surface area (Å²) >= 11 is 3.31. The zero-order chi connectivity index (χ0) is 13.9. The van der Waals surface area contributed by atoms with Crippen LogP contribution < -0.4 is 4.74 Å². The molecule has 0 N–H and O–H groups in total. The minimum Gasteiger partial charge on any atom is -0.744 e. The Morgan fingerprint density at radius 2 is 1.79 bits per heavy atom. The van der Waals surface area contributed by atoms with Crippen LogP contribution in [-0.2, 0) is 10.1 Å². The van der Waals surface area contributed by atoms with Gasteiger partial charge in [0.15, 0.2) is 0 Å². The van der Waals surface area contributed by atoms with E-state index in [-0.39, 0.29) is 4.90 Å². The van der Waals surface area contributed by atoms with Gasteiger partial charge in [0, 0.05) is 16.1 Å². The molecule has 0 radical (unpaired) electrons. The van der Waals surface area contributed by atoms with Gasteiger partial charge in [0.05, 0.1) is 11.5 Å². The van der Waals surface area contributed by atoms with Gasteiger partial charge in [0.2, 0.25) is 0 Å². The summed E-state index contributed by atoms with van der Waals surface area (Å²) in [6, 6.07) is 9.65. The molecule has 6 heteroatoms. The van der Waals surface area contributed by atoms with Crippen molar-refractivity contribution in [3.05, 3.63) is 36.4 Å². The molecule has 0 aromatic heterocycles. The molecule has 0 heterocycles. The molecule has 4 nitrogen and oxygen atoms in total. The minimum absolute atomic E-state index is 0.212. The van der Waals surface area contributed by atoms with E-state index in [1.165, 1.54) is 12.1 Å². The molecule has 0 saturated heterocycles. The highest BCUT2D eigenvalue weighted by Gasteiger charge is 2.10. The van der Waals surface area contributed by atoms with Crippen molar-refractivity contribution in [2.45, 2.75) is 11.3 Å². The summed E-state index contributed by atoms with van der Waals surface area (Å²) in [7, 11) is -4.48. The number of hydrogen-bond acceptors (Lipinski definition) is 4. The predicted octanol–water partition coefficient (Wildman–Crippen LogP) is 2.91. The first-order chi connectivity index (χ1) is 9.04. The predicted molar refractivity (Wildman–Crippen MR) is 75.8 cm³/mol. The zero-order valence-electron chi connectivity index (χ0n) is 10.0. The van der Waals surface area contributed by atoms with Crippen molar-refractivity contribution in [3.8, 4) is 5.75 Å². The molecule has 0 unspecified atom stereocenters. The highest BCUT2D eigenvalue weighted by Crippen LogP contribution is 2.30. The third kappa shape index (κ3) is 3.26. The average molecular weight is 344 g/mol. The highest BCUT2D eigenvalue weighted by molar-refractivity contribution is 9.09. The number of benzene rings is 2. The number of halogens is 1. The minimum atomic E-state index is -4.48. The lowest BCUT2D eigenvalue weighted by Gasteiger charge is -2.14. The Kier molecular flexibility index (Phi) is 4.44. The standard InChI is InChI=1S/C13H13BrO4S/c14-8-3-9-18-12-6-7-13(19(15,16)17)11-5-2-1-4-10(11)12/h1-2,4-7H,3,8-9H2,(H,15,16,17)/p-1. The summed E-state index contributed by atoms with van der Waals surface area (Å²) in [6.45, 7) is 0.527. The van der Waals surface area contributed by atoms with Crippen LogP contribution in [0, 0.1) is 0 Å². The Balaban J connectivity index is 2.52. The van der Waals surface area contributed by atoms with Gasteiger partial charge in [-0.15, -0.1) is 0 Å². The first-order valence-electron chi connectivity index (χ1n) is 5.70. The molecule has 19 heavy (non-hydrogen) atoms. The van der Waals surface area contributed by atoms with Gasteiger partial charge in [-0.2, -0.15) is 0 Å². The Bertz CT molecular complexity index is 682. The summed E-state index contributed by atoms with van der Waals surface area (Å²) in [4.78, 5) is -0.212. The third-order valence-corrected chi connectivity index (χ3v) is 4.10. The summed E-state index contributed by atoms with van der Waals surface area (Å²) in [5.41, 5.74) is 0. The summed E-state index contributed by atoms with van der Waals surface area (Å²) in [6.07, 6.45) is 0.843. The Morgan fingerprint density at radius 1 is 1.11 bits per heavy atom. The van der Waals surface area contributed by atoms with Crippen molar-refractivity contribution in [2.75, 3.05) is 11.9 Å². The molecular weight excluding hydrogens is 332 g/mol. The van der Waals surface area contributed by atoms with Gasteiger partial charge >= 0.3 is 0 Å². The van der Waals surface area contributed by atoms with E-state index in [9.17, 15) is 13.0 Å². The molecule has 0 aliphatic rings. The molecule has 0 saturated carbocycles. The van der Waals surface area contributed by atoms with Crippen LogP contribution in [0.1, 0.15) is 6.42 Å². The lowest BCUT2D eigenvalue weighted by Crippen LogP contribution is -2.02. The van der Waals surface area contributed by atoms with E-state index in [0.29, 0.717) is 23.1 Å². The first kappa shape index (κ1) is 14.3. The summed E-state index contributed by atoms with van der Waals surface area (Å²) in [5, 5.41) is 1.86. The number of rotatable bonds is 5. The molecule has 2 aromatic carbocycles. The fraction of sp³-hybridized carbons (Fsp3) is 0.231. The van der Waals surface area contributed by atoms with Crippen molar-refractivity contribution in [1.82, 2.24) is 0 Å². The largest absolute Gasteiger partial charge is 0.744 e. The van der Waals surface area contributed by atoms with E-state index < -0.39 is 10.1 Å². The van der Waals surface area contributed by atoms with Gasteiger partial charge in [0.25, 0.3) is 0 Å². The second kappa shape index (κ2) is 5.90. The quantitative estimate of drug-likeness (QED) is 0.475. The van der Waals surface area contributed by atoms with Gasteiger partial charge in [-0.3, -0.25) is 0 Å². The smallest absolute Gasteiger partial charge is 0.127 e. The van der Waals surface area contributed by atoms with Crippen LogP contribution in [0.4, 0.5) is 0 Å². The van der Waals surface area contributed by atoms with Crippen LogP contribution in [0.5, 0.6) is 5.75 Å². The molecule has 0 spiro atoms. The third-order valence-electron chi connectivity index (χ3n) is 2.65. The Hall–Kier alpha value is -1.11. The van der Waals surface area contributed by atoms with Gasteiger partial charge in [-0.1, -0.05) is 40.2 Å². The number of hydrogen-bond donors (Lipinski definition) is 0. The second-order valence-electron chi connectivity index (χ2n) is 3.95. The first-order valence-corrected chi connectivity index (χ1v) is 8.23. The molecule has 0 fully saturated rings. The average Bonchev–Trinajstić information content (AvgIpc) is 2.37. The number of fused-ring (bicyclic) bond motifs is 1. The van der Waals surface area contributed by atoms with Crippen molar-refractivity contribution in [1.29, 1.82) is 0 Å². The van der Waals surface area contributed by atoms with Crippen molar-refractivity contribution in [3.63, 3.8) is 0 Å². The lowest BCUT2D eigenvalue weighted by atomic mass is 10.1. The Labute approximate surface area is 120 Å². The molecule has 0 bridgehead atoms. The number of alkyl halides is 1. The molecule has 102 valence electrons. The van der Waals surface area contributed by atoms with Crippen molar-refractivity contribution < 1.29 is 17.7 Å². The highest BCUT2D eigenvalue weighted by atomic mass is 79.9. The van der Waals surface area contributed by atoms with Gasteiger partial charge < -0.3 is 9.29 Å². The lowest BCUT2D eigenvalue weighted by molar-refractivity contribution is 0.322. The maximum absolute atomic E-state index is 11.2. The topological polar surface area (TPSA) is 66.4 Å². The van der Waals surface area contributed by atoms with Crippen LogP contribution in [0.2, 0.25) is 0 Å². The summed E-state index contributed by atoms with van der Waals surface area (Å²) < 4.78 is 39.2. The van der Waals surface area contributed by atoms with Crippen LogP contribution in [0.3, 0.4) is 0 Å². The van der Waals surface area contributed by atoms with E-state index in [0.717, 1.165) is 11.8 Å². The maximum Gasteiger partial charge on any atom is 0.127 e. The zero-order valence-corrected chi connectivity index (χ0v) is 12.4. The van der Waals surface area contributed by atoms with E-state index in [1.54, 1.807) is 24.3 Å². The SMILES string of the molecule is O=S(=O)([O-])c1ccc(OCCCBr)c2ccccc12. The van der Waals surface area contributed by atoms with E-state index in [1.807, 2.05) is 0 Å². The van der Waals surface area contributed by atoms with E-state index in [4.69, 9.17) is 4.74 Å². The van der Waals surface area contributed by atoms with E-state index >= 15 is 0 Å². The molecule has 0 atom stereocenters. The Morgan fingerprint density at radius 3 is 2.42 bits per heavy atom. The summed E-state index contributed by atoms with van der Waals surface area (Å²) in [5.74, 6) is 0.587. The van der Waals surface area contributed by atoms with Gasteiger partial charge in [-0.25, -0.2) is 8.42 Å². The molecule has 0 aliphatic carbocycles. The van der Waals surface area contributed by atoms with Gasteiger partial charge in [0.1, 0.15) is 15.9 Å². The molecular formula is C13H12BrO4S-. The van der Waals surface area contributed by atoms with Gasteiger partial charge in [-0.05, 0) is 18.6 Å². The molecule has 0 aliphatic heterocycles. The van der Waals surface area contributed by atoms with Crippen LogP contribution in [0.15, 0.2) is 41.3 Å². The molecule has 0 amide bonds. The van der Waals surface area contributed by atoms with Crippen LogP contribution >= 0.6 is 15.9 Å². The second-order valence-corrected chi connectivity index (χ2v) is 6.09. The number of ether oxygens (including phenoxy) is 1. The maximum atomic E-state index is 11.2. The van der Waals surface area contributed by atoms with Crippen LogP contribution in [-0.4, -0.2) is 24.9 Å². The van der Waals surface area contributed by atoms with E-state index in [2.05, 4.69) is 15.9 Å². The fourth-order valence-electron chi connectivity index (χ4n) is 1.82. The monoisotopic (exact) mass is 343 g/mol. The molecule has 2 aromatic rings. The fourth-order valence-corrected chi connectivity index (χ4v) is 2.74. The van der Waals surface area contributed by atoms with Crippen molar-refractivity contribution in [2.24, 2.45) is 0 Å².